The Morgan fingerprint density at radius 1 is 1.21 bits per heavy atom. The molecule has 0 aliphatic carbocycles. The molecule has 2 aromatic rings. The normalized spacial score (nSPS) is 10.3. The van der Waals surface area contributed by atoms with E-state index in [0.717, 1.165) is 16.9 Å². The third kappa shape index (κ3) is 2.90. The molecule has 0 saturated carbocycles. The molecule has 1 heterocycles. The molecule has 0 fully saturated rings. The van der Waals surface area contributed by atoms with E-state index in [4.69, 9.17) is 18.0 Å². The van der Waals surface area contributed by atoms with Crippen LogP contribution in [0.2, 0.25) is 0 Å². The van der Waals surface area contributed by atoms with E-state index in [-0.39, 0.29) is 0 Å². The predicted molar refractivity (Wildman–Crippen MR) is 84.1 cm³/mol. The second kappa shape index (κ2) is 5.36. The van der Waals surface area contributed by atoms with Crippen LogP contribution in [0.15, 0.2) is 30.6 Å². The fourth-order valence-corrected chi connectivity index (χ4v) is 2.40. The molecule has 2 rings (SSSR count). The Bertz CT molecular complexity index is 612. The topological polar surface area (TPSA) is 50.9 Å². The summed E-state index contributed by atoms with van der Waals surface area (Å²) in [7, 11) is 0. The summed E-state index contributed by atoms with van der Waals surface area (Å²) in [5, 5.41) is 3.39. The van der Waals surface area contributed by atoms with Gasteiger partial charge in [0.15, 0.2) is 0 Å². The molecule has 0 aliphatic rings. The summed E-state index contributed by atoms with van der Waals surface area (Å²) in [6.45, 7) is 6.26. The van der Waals surface area contributed by atoms with Crippen molar-refractivity contribution in [2.75, 3.05) is 5.32 Å². The zero-order valence-electron chi connectivity index (χ0n) is 11.3. The lowest BCUT2D eigenvalue weighted by Crippen LogP contribution is -2.12. The van der Waals surface area contributed by atoms with Crippen LogP contribution in [0.25, 0.3) is 0 Å². The highest BCUT2D eigenvalue weighted by atomic mass is 32.1. The average Bonchev–Trinajstić information content (AvgIpc) is 2.34. The van der Waals surface area contributed by atoms with E-state index in [0.29, 0.717) is 4.99 Å². The first-order chi connectivity index (χ1) is 8.99. The highest BCUT2D eigenvalue weighted by molar-refractivity contribution is 7.80. The van der Waals surface area contributed by atoms with Crippen LogP contribution in [0.4, 0.5) is 11.4 Å². The maximum atomic E-state index is 5.73. The number of pyridine rings is 1. The van der Waals surface area contributed by atoms with Crippen molar-refractivity contribution >= 4 is 28.6 Å². The van der Waals surface area contributed by atoms with Crippen LogP contribution < -0.4 is 11.1 Å². The first kappa shape index (κ1) is 13.5. The molecule has 3 N–H and O–H groups in total. The van der Waals surface area contributed by atoms with Gasteiger partial charge in [-0.1, -0.05) is 29.9 Å². The Kier molecular flexibility index (Phi) is 3.81. The number of thiocarbonyl (C=S) groups is 1. The van der Waals surface area contributed by atoms with Gasteiger partial charge in [0.05, 0.1) is 11.9 Å². The third-order valence-corrected chi connectivity index (χ3v) is 3.24. The Hall–Kier alpha value is -1.94. The van der Waals surface area contributed by atoms with E-state index >= 15 is 0 Å². The van der Waals surface area contributed by atoms with Gasteiger partial charge in [0.1, 0.15) is 4.99 Å². The van der Waals surface area contributed by atoms with Gasteiger partial charge in [-0.3, -0.25) is 4.98 Å². The first-order valence-electron chi connectivity index (χ1n) is 6.07. The summed E-state index contributed by atoms with van der Waals surface area (Å²) in [4.78, 5) is 4.49. The van der Waals surface area contributed by atoms with Crippen molar-refractivity contribution in [3.8, 4) is 0 Å². The van der Waals surface area contributed by atoms with E-state index in [1.165, 1.54) is 16.7 Å². The lowest BCUT2D eigenvalue weighted by molar-refractivity contribution is 1.28. The van der Waals surface area contributed by atoms with E-state index in [9.17, 15) is 0 Å². The zero-order valence-corrected chi connectivity index (χ0v) is 12.1. The van der Waals surface area contributed by atoms with Gasteiger partial charge in [-0.05, 0) is 38.0 Å². The van der Waals surface area contributed by atoms with E-state index in [1.54, 1.807) is 12.4 Å². The molecule has 1 aromatic heterocycles. The molecule has 0 unspecified atom stereocenters. The molecule has 0 bridgehead atoms. The molecular formula is C15H17N3S. The third-order valence-electron chi connectivity index (χ3n) is 3.02. The molecule has 4 heteroatoms. The maximum Gasteiger partial charge on any atom is 0.106 e. The van der Waals surface area contributed by atoms with Crippen LogP contribution in [0.3, 0.4) is 0 Å². The smallest absolute Gasteiger partial charge is 0.106 e. The van der Waals surface area contributed by atoms with E-state index < -0.39 is 0 Å². The summed E-state index contributed by atoms with van der Waals surface area (Å²) in [5.74, 6) is 0. The van der Waals surface area contributed by atoms with Gasteiger partial charge in [-0.25, -0.2) is 0 Å². The Balaban J connectivity index is 2.45. The van der Waals surface area contributed by atoms with Crippen molar-refractivity contribution in [1.29, 1.82) is 0 Å². The van der Waals surface area contributed by atoms with Crippen LogP contribution >= 0.6 is 12.2 Å². The molecular weight excluding hydrogens is 254 g/mol. The van der Waals surface area contributed by atoms with Gasteiger partial charge in [-0.2, -0.15) is 0 Å². The minimum atomic E-state index is 0.368. The van der Waals surface area contributed by atoms with Crippen LogP contribution in [-0.4, -0.2) is 9.97 Å². The van der Waals surface area contributed by atoms with Crippen LogP contribution in [-0.2, 0) is 0 Å². The number of benzene rings is 1. The fraction of sp³-hybridized carbons (Fsp3) is 0.200. The van der Waals surface area contributed by atoms with Crippen LogP contribution in [0, 0.1) is 20.8 Å². The quantitative estimate of drug-likeness (QED) is 0.840. The van der Waals surface area contributed by atoms with Crippen molar-refractivity contribution < 1.29 is 0 Å². The number of aromatic nitrogens is 1. The van der Waals surface area contributed by atoms with Crippen molar-refractivity contribution in [1.82, 2.24) is 4.98 Å². The average molecular weight is 271 g/mol. The molecule has 98 valence electrons. The lowest BCUT2D eigenvalue weighted by atomic mass is 10.0. The first-order valence-corrected chi connectivity index (χ1v) is 6.48. The Morgan fingerprint density at radius 3 is 2.42 bits per heavy atom. The zero-order chi connectivity index (χ0) is 14.0. The molecule has 0 amide bonds. The van der Waals surface area contributed by atoms with Crippen molar-refractivity contribution in [2.45, 2.75) is 20.8 Å². The van der Waals surface area contributed by atoms with Crippen molar-refractivity contribution in [3.63, 3.8) is 0 Å². The Morgan fingerprint density at radius 2 is 1.84 bits per heavy atom. The standard InChI is InChI=1S/C15H17N3S/c1-9-6-10(2)14(11(3)7-9)18-13-8-17-5-4-12(13)15(16)19/h4-8,18H,1-3H3,(H2,16,19). The Labute approximate surface area is 118 Å². The number of hydrogen-bond donors (Lipinski definition) is 2. The monoisotopic (exact) mass is 271 g/mol. The van der Waals surface area contributed by atoms with Gasteiger partial charge in [0.25, 0.3) is 0 Å². The minimum absolute atomic E-state index is 0.368. The van der Waals surface area contributed by atoms with Crippen molar-refractivity contribution in [3.05, 3.63) is 52.8 Å². The summed E-state index contributed by atoms with van der Waals surface area (Å²) in [5.41, 5.74) is 12.1. The van der Waals surface area contributed by atoms with Gasteiger partial charge >= 0.3 is 0 Å². The summed E-state index contributed by atoms with van der Waals surface area (Å²) >= 11 is 5.06. The maximum absolute atomic E-state index is 5.73. The van der Waals surface area contributed by atoms with Gasteiger partial charge in [0.2, 0.25) is 0 Å². The number of nitrogens with one attached hydrogen (secondary N) is 1. The molecule has 1 aromatic carbocycles. The van der Waals surface area contributed by atoms with Gasteiger partial charge < -0.3 is 11.1 Å². The molecule has 0 saturated heterocycles. The minimum Gasteiger partial charge on any atom is -0.389 e. The van der Waals surface area contributed by atoms with Gasteiger partial charge in [-0.15, -0.1) is 0 Å². The van der Waals surface area contributed by atoms with Crippen LogP contribution in [0.1, 0.15) is 22.3 Å². The molecule has 0 aliphatic heterocycles. The largest absolute Gasteiger partial charge is 0.389 e. The number of anilines is 2. The molecule has 0 radical (unpaired) electrons. The lowest BCUT2D eigenvalue weighted by Gasteiger charge is -2.15. The summed E-state index contributed by atoms with van der Waals surface area (Å²) in [6, 6.07) is 6.11. The van der Waals surface area contributed by atoms with E-state index in [2.05, 4.69) is 43.2 Å². The molecule has 3 nitrogen and oxygen atoms in total. The predicted octanol–water partition coefficient (Wildman–Crippen LogP) is 3.38. The second-order valence-corrected chi connectivity index (χ2v) is 5.12. The highest BCUT2D eigenvalue weighted by Crippen LogP contribution is 2.27. The number of aryl methyl sites for hydroxylation is 3. The number of rotatable bonds is 3. The number of nitrogens with zero attached hydrogens (tertiary/aromatic N) is 1. The summed E-state index contributed by atoms with van der Waals surface area (Å²) < 4.78 is 0. The fourth-order valence-electron chi connectivity index (χ4n) is 2.22. The van der Waals surface area contributed by atoms with E-state index in [1.807, 2.05) is 6.07 Å². The number of hydrogen-bond acceptors (Lipinski definition) is 3. The molecule has 0 spiro atoms. The highest BCUT2D eigenvalue weighted by Gasteiger charge is 2.09. The van der Waals surface area contributed by atoms with Gasteiger partial charge in [0, 0.05) is 17.4 Å². The van der Waals surface area contributed by atoms with Crippen molar-refractivity contribution in [2.24, 2.45) is 5.73 Å². The van der Waals surface area contributed by atoms with Crippen LogP contribution in [0.5, 0.6) is 0 Å². The second-order valence-electron chi connectivity index (χ2n) is 4.68. The molecule has 19 heavy (non-hydrogen) atoms. The summed E-state index contributed by atoms with van der Waals surface area (Å²) in [6.07, 6.45) is 3.43. The SMILES string of the molecule is Cc1cc(C)c(Nc2cnccc2C(N)=S)c(C)c1. The molecule has 0 atom stereocenters. The number of nitrogens with two attached hydrogens (primary N) is 1.